The van der Waals surface area contributed by atoms with Crippen LogP contribution in [-0.2, 0) is 6.42 Å². The van der Waals surface area contributed by atoms with Crippen molar-refractivity contribution >= 4 is 11.6 Å². The van der Waals surface area contributed by atoms with E-state index >= 15 is 0 Å². The smallest absolute Gasteiger partial charge is 0.134 e. The normalized spacial score (nSPS) is 19.7. The van der Waals surface area contributed by atoms with Gasteiger partial charge in [-0.3, -0.25) is 0 Å². The Bertz CT molecular complexity index is 464. The number of nitrogens with one attached hydrogen (secondary N) is 2. The summed E-state index contributed by atoms with van der Waals surface area (Å²) in [6.07, 6.45) is 9.51. The molecule has 2 saturated carbocycles. The highest BCUT2D eigenvalue weighted by atomic mass is 15.1. The summed E-state index contributed by atoms with van der Waals surface area (Å²) in [6, 6.07) is 0. The maximum absolute atomic E-state index is 4.49. The van der Waals surface area contributed by atoms with E-state index in [2.05, 4.69) is 34.4 Å². The third-order valence-corrected chi connectivity index (χ3v) is 4.73. The van der Waals surface area contributed by atoms with Crippen molar-refractivity contribution in [2.45, 2.75) is 52.4 Å². The molecule has 0 saturated heterocycles. The molecule has 2 aliphatic carbocycles. The first-order chi connectivity index (χ1) is 9.79. The molecule has 3 rings (SSSR count). The molecule has 2 aliphatic rings. The van der Waals surface area contributed by atoms with Gasteiger partial charge in [0.25, 0.3) is 0 Å². The van der Waals surface area contributed by atoms with Gasteiger partial charge in [-0.1, -0.05) is 13.3 Å². The Labute approximate surface area is 121 Å². The molecule has 20 heavy (non-hydrogen) atoms. The Balaban J connectivity index is 1.72. The maximum atomic E-state index is 4.49. The van der Waals surface area contributed by atoms with Crippen LogP contribution in [0.2, 0.25) is 0 Å². The highest BCUT2D eigenvalue weighted by Crippen LogP contribution is 2.61. The molecule has 1 aromatic heterocycles. The lowest BCUT2D eigenvalue weighted by molar-refractivity contribution is 0.466. The molecule has 0 aliphatic heterocycles. The van der Waals surface area contributed by atoms with E-state index in [4.69, 9.17) is 0 Å². The lowest BCUT2D eigenvalue weighted by Gasteiger charge is -2.18. The Morgan fingerprint density at radius 2 is 1.85 bits per heavy atom. The second kappa shape index (κ2) is 5.58. The minimum atomic E-state index is 0.604. The Morgan fingerprint density at radius 1 is 1.15 bits per heavy atom. The molecule has 110 valence electrons. The van der Waals surface area contributed by atoms with Crippen molar-refractivity contribution in [1.29, 1.82) is 0 Å². The Morgan fingerprint density at radius 3 is 2.40 bits per heavy atom. The van der Waals surface area contributed by atoms with E-state index in [1.165, 1.54) is 31.2 Å². The Hall–Kier alpha value is -1.32. The van der Waals surface area contributed by atoms with Gasteiger partial charge in [-0.15, -0.1) is 0 Å². The van der Waals surface area contributed by atoms with Crippen LogP contribution in [0, 0.1) is 11.3 Å². The van der Waals surface area contributed by atoms with Gasteiger partial charge in [0, 0.05) is 18.7 Å². The van der Waals surface area contributed by atoms with Gasteiger partial charge in [-0.05, 0) is 50.4 Å². The summed E-state index contributed by atoms with van der Waals surface area (Å²) >= 11 is 0. The molecule has 4 heteroatoms. The van der Waals surface area contributed by atoms with Gasteiger partial charge >= 0.3 is 0 Å². The maximum Gasteiger partial charge on any atom is 0.134 e. The van der Waals surface area contributed by atoms with Gasteiger partial charge in [0.15, 0.2) is 0 Å². The van der Waals surface area contributed by atoms with Crippen molar-refractivity contribution < 1.29 is 0 Å². The third-order valence-electron chi connectivity index (χ3n) is 4.73. The van der Waals surface area contributed by atoms with Gasteiger partial charge in [-0.25, -0.2) is 9.97 Å². The highest BCUT2D eigenvalue weighted by Gasteiger charge is 2.53. The first kappa shape index (κ1) is 13.7. The lowest BCUT2D eigenvalue weighted by Crippen LogP contribution is -2.19. The van der Waals surface area contributed by atoms with Gasteiger partial charge < -0.3 is 10.6 Å². The van der Waals surface area contributed by atoms with Crippen LogP contribution in [0.5, 0.6) is 0 Å². The SMILES string of the molecule is CCCc1c(NCC)ncnc1NCC1(C2CC2)CC1. The molecule has 0 bridgehead atoms. The molecule has 2 fully saturated rings. The summed E-state index contributed by atoms with van der Waals surface area (Å²) in [4.78, 5) is 8.88. The largest absolute Gasteiger partial charge is 0.370 e. The molecule has 1 heterocycles. The van der Waals surface area contributed by atoms with E-state index in [0.29, 0.717) is 5.41 Å². The molecule has 0 atom stereocenters. The molecule has 0 amide bonds. The lowest BCUT2D eigenvalue weighted by atomic mass is 10.0. The number of hydrogen-bond donors (Lipinski definition) is 2. The summed E-state index contributed by atoms with van der Waals surface area (Å²) in [5.41, 5.74) is 1.86. The summed E-state index contributed by atoms with van der Waals surface area (Å²) in [5.74, 6) is 3.03. The second-order valence-corrected chi connectivity index (χ2v) is 6.32. The topological polar surface area (TPSA) is 49.8 Å². The number of anilines is 2. The van der Waals surface area contributed by atoms with Crippen molar-refractivity contribution in [1.82, 2.24) is 9.97 Å². The second-order valence-electron chi connectivity index (χ2n) is 6.32. The standard InChI is InChI=1S/C16H26N4/c1-3-5-13-14(17-4-2)19-11-20-15(13)18-10-16(8-9-16)12-6-7-12/h11-12H,3-10H2,1-2H3,(H2,17,18,19,20). The van der Waals surface area contributed by atoms with E-state index in [1.807, 2.05) is 0 Å². The highest BCUT2D eigenvalue weighted by molar-refractivity contribution is 5.57. The molecule has 0 spiro atoms. The third kappa shape index (κ3) is 2.74. The monoisotopic (exact) mass is 274 g/mol. The summed E-state index contributed by atoms with van der Waals surface area (Å²) in [7, 11) is 0. The van der Waals surface area contributed by atoms with Crippen molar-refractivity contribution in [3.8, 4) is 0 Å². The van der Waals surface area contributed by atoms with Gasteiger partial charge in [-0.2, -0.15) is 0 Å². The van der Waals surface area contributed by atoms with E-state index in [9.17, 15) is 0 Å². The van der Waals surface area contributed by atoms with E-state index in [-0.39, 0.29) is 0 Å². The van der Waals surface area contributed by atoms with Crippen LogP contribution in [0.3, 0.4) is 0 Å². The number of hydrogen-bond acceptors (Lipinski definition) is 4. The van der Waals surface area contributed by atoms with E-state index in [0.717, 1.165) is 43.5 Å². The number of rotatable bonds is 8. The zero-order valence-electron chi connectivity index (χ0n) is 12.7. The minimum Gasteiger partial charge on any atom is -0.370 e. The summed E-state index contributed by atoms with van der Waals surface area (Å²) < 4.78 is 0. The number of aromatic nitrogens is 2. The molecule has 2 N–H and O–H groups in total. The molecular formula is C16H26N4. The fourth-order valence-corrected chi connectivity index (χ4v) is 3.22. The van der Waals surface area contributed by atoms with Crippen molar-refractivity contribution in [2.75, 3.05) is 23.7 Å². The molecule has 0 radical (unpaired) electrons. The van der Waals surface area contributed by atoms with E-state index in [1.54, 1.807) is 6.33 Å². The predicted octanol–water partition coefficient (Wildman–Crippen LogP) is 3.46. The molecule has 1 aromatic rings. The molecule has 4 nitrogen and oxygen atoms in total. The van der Waals surface area contributed by atoms with Crippen LogP contribution in [0.25, 0.3) is 0 Å². The van der Waals surface area contributed by atoms with Crippen LogP contribution in [0.1, 0.15) is 51.5 Å². The van der Waals surface area contributed by atoms with Crippen molar-refractivity contribution in [3.63, 3.8) is 0 Å². The summed E-state index contributed by atoms with van der Waals surface area (Å²) in [6.45, 7) is 6.31. The van der Waals surface area contributed by atoms with Crippen LogP contribution in [-0.4, -0.2) is 23.1 Å². The van der Waals surface area contributed by atoms with Gasteiger partial charge in [0.05, 0.1) is 0 Å². The Kier molecular flexibility index (Phi) is 3.81. The van der Waals surface area contributed by atoms with Crippen LogP contribution in [0.4, 0.5) is 11.6 Å². The van der Waals surface area contributed by atoms with E-state index < -0.39 is 0 Å². The van der Waals surface area contributed by atoms with Gasteiger partial charge in [0.1, 0.15) is 18.0 Å². The summed E-state index contributed by atoms with van der Waals surface area (Å²) in [5, 5.41) is 6.99. The average molecular weight is 274 g/mol. The first-order valence-corrected chi connectivity index (χ1v) is 8.10. The molecular weight excluding hydrogens is 248 g/mol. The zero-order chi connectivity index (χ0) is 14.0. The fraction of sp³-hybridized carbons (Fsp3) is 0.750. The molecule has 0 unspecified atom stereocenters. The van der Waals surface area contributed by atoms with Crippen molar-refractivity contribution in [3.05, 3.63) is 11.9 Å². The van der Waals surface area contributed by atoms with Crippen LogP contribution < -0.4 is 10.6 Å². The quantitative estimate of drug-likeness (QED) is 0.762. The van der Waals surface area contributed by atoms with Crippen LogP contribution >= 0.6 is 0 Å². The fourth-order valence-electron chi connectivity index (χ4n) is 3.22. The molecule has 0 aromatic carbocycles. The zero-order valence-corrected chi connectivity index (χ0v) is 12.7. The van der Waals surface area contributed by atoms with Gasteiger partial charge in [0.2, 0.25) is 0 Å². The minimum absolute atomic E-state index is 0.604. The van der Waals surface area contributed by atoms with Crippen LogP contribution in [0.15, 0.2) is 6.33 Å². The number of nitrogens with zero attached hydrogens (tertiary/aromatic N) is 2. The first-order valence-electron chi connectivity index (χ1n) is 8.10. The average Bonchev–Trinajstić information content (AvgIpc) is 3.32. The van der Waals surface area contributed by atoms with Crippen molar-refractivity contribution in [2.24, 2.45) is 11.3 Å². The predicted molar refractivity (Wildman–Crippen MR) is 83.1 cm³/mol.